The summed E-state index contributed by atoms with van der Waals surface area (Å²) in [5.41, 5.74) is 0.593. The van der Waals surface area contributed by atoms with Crippen LogP contribution < -0.4 is 20.7 Å². The van der Waals surface area contributed by atoms with Crippen LogP contribution in [0.25, 0.3) is 0 Å². The molecule has 1 aromatic carbocycles. The number of amides is 1. The summed E-state index contributed by atoms with van der Waals surface area (Å²) in [5, 5.41) is 9.66. The first-order chi connectivity index (χ1) is 13.2. The van der Waals surface area contributed by atoms with E-state index in [1.807, 2.05) is 12.1 Å². The predicted molar refractivity (Wildman–Crippen MR) is 125 cm³/mol. The molecule has 8 heteroatoms. The summed E-state index contributed by atoms with van der Waals surface area (Å²) < 4.78 is 5.15. The van der Waals surface area contributed by atoms with Crippen molar-refractivity contribution in [2.45, 2.75) is 32.2 Å². The van der Waals surface area contributed by atoms with Crippen LogP contribution in [0.3, 0.4) is 0 Å². The van der Waals surface area contributed by atoms with Crippen molar-refractivity contribution in [1.29, 1.82) is 0 Å². The standard InChI is InChI=1S/C20H33N5O2.HI/c1-4-12-25-13-8-17(9-14-25)24-20(21-2)23-11-10-22-19(26)16-6-5-7-18(15-16)27-3;/h5-7,15,17H,4,8-14H2,1-3H3,(H,22,26)(H2,21,23,24);1H. The highest BCUT2D eigenvalue weighted by molar-refractivity contribution is 14.0. The van der Waals surface area contributed by atoms with E-state index in [2.05, 4.69) is 32.8 Å². The molecule has 0 unspecified atom stereocenters. The molecule has 1 saturated heterocycles. The number of likely N-dealkylation sites (tertiary alicyclic amines) is 1. The Kier molecular flexibility index (Phi) is 11.9. The van der Waals surface area contributed by atoms with Gasteiger partial charge in [-0.05, 0) is 44.0 Å². The average Bonchev–Trinajstić information content (AvgIpc) is 2.71. The number of nitrogens with one attached hydrogen (secondary N) is 3. The molecule has 7 nitrogen and oxygen atoms in total. The van der Waals surface area contributed by atoms with Crippen LogP contribution in [0, 0.1) is 0 Å². The fourth-order valence-corrected chi connectivity index (χ4v) is 3.23. The van der Waals surface area contributed by atoms with E-state index in [4.69, 9.17) is 4.74 Å². The summed E-state index contributed by atoms with van der Waals surface area (Å²) in [6.07, 6.45) is 3.48. The number of hydrogen-bond donors (Lipinski definition) is 3. The number of benzene rings is 1. The molecule has 0 saturated carbocycles. The predicted octanol–water partition coefficient (Wildman–Crippen LogP) is 2.08. The second-order valence-electron chi connectivity index (χ2n) is 6.75. The zero-order chi connectivity index (χ0) is 19.5. The van der Waals surface area contributed by atoms with Crippen LogP contribution in [-0.2, 0) is 0 Å². The van der Waals surface area contributed by atoms with Crippen molar-refractivity contribution in [1.82, 2.24) is 20.9 Å². The second-order valence-corrected chi connectivity index (χ2v) is 6.75. The maximum atomic E-state index is 12.2. The van der Waals surface area contributed by atoms with E-state index in [1.165, 1.54) is 13.0 Å². The molecule has 0 atom stereocenters. The zero-order valence-corrected chi connectivity index (χ0v) is 19.5. The molecular weight excluding hydrogens is 469 g/mol. The summed E-state index contributed by atoms with van der Waals surface area (Å²) in [6, 6.07) is 7.59. The van der Waals surface area contributed by atoms with Crippen LogP contribution in [-0.4, -0.2) is 69.7 Å². The Balaban J connectivity index is 0.00000392. The zero-order valence-electron chi connectivity index (χ0n) is 17.2. The smallest absolute Gasteiger partial charge is 0.251 e. The van der Waals surface area contributed by atoms with Gasteiger partial charge in [0.15, 0.2) is 5.96 Å². The van der Waals surface area contributed by atoms with Gasteiger partial charge in [0.25, 0.3) is 5.91 Å². The first kappa shape index (κ1) is 24.5. The molecule has 1 aliphatic heterocycles. The third-order valence-electron chi connectivity index (χ3n) is 4.73. The maximum Gasteiger partial charge on any atom is 0.251 e. The lowest BCUT2D eigenvalue weighted by atomic mass is 10.1. The molecule has 0 spiro atoms. The quantitative estimate of drug-likeness (QED) is 0.219. The van der Waals surface area contributed by atoms with Crippen molar-refractivity contribution in [3.05, 3.63) is 29.8 Å². The molecule has 1 fully saturated rings. The van der Waals surface area contributed by atoms with Gasteiger partial charge in [0.1, 0.15) is 5.75 Å². The monoisotopic (exact) mass is 503 g/mol. The Morgan fingerprint density at radius 1 is 1.25 bits per heavy atom. The molecule has 158 valence electrons. The van der Waals surface area contributed by atoms with Gasteiger partial charge in [0, 0.05) is 44.8 Å². The molecule has 1 amide bonds. The Labute approximate surface area is 185 Å². The number of halogens is 1. The van der Waals surface area contributed by atoms with Gasteiger partial charge in [-0.2, -0.15) is 0 Å². The number of methoxy groups -OCH3 is 1. The van der Waals surface area contributed by atoms with Crippen molar-refractivity contribution < 1.29 is 9.53 Å². The number of carbonyl (C=O) groups excluding carboxylic acids is 1. The minimum absolute atomic E-state index is 0. The number of rotatable bonds is 8. The Morgan fingerprint density at radius 3 is 2.61 bits per heavy atom. The van der Waals surface area contributed by atoms with Crippen LogP contribution in [0.1, 0.15) is 36.5 Å². The molecule has 2 rings (SSSR count). The normalized spacial score (nSPS) is 15.5. The van der Waals surface area contributed by atoms with Gasteiger partial charge in [-0.25, -0.2) is 0 Å². The highest BCUT2D eigenvalue weighted by Crippen LogP contribution is 2.12. The van der Waals surface area contributed by atoms with E-state index in [1.54, 1.807) is 26.3 Å². The first-order valence-electron chi connectivity index (χ1n) is 9.78. The summed E-state index contributed by atoms with van der Waals surface area (Å²) in [5.74, 6) is 1.36. The maximum absolute atomic E-state index is 12.2. The number of nitrogens with zero attached hydrogens (tertiary/aromatic N) is 2. The van der Waals surface area contributed by atoms with Gasteiger partial charge in [-0.15, -0.1) is 24.0 Å². The van der Waals surface area contributed by atoms with Crippen LogP contribution in [0.15, 0.2) is 29.3 Å². The van der Waals surface area contributed by atoms with Crippen molar-refractivity contribution in [3.63, 3.8) is 0 Å². The third kappa shape index (κ3) is 8.22. The molecular formula is C20H34IN5O2. The molecule has 0 aliphatic carbocycles. The van der Waals surface area contributed by atoms with Crippen LogP contribution in [0.2, 0.25) is 0 Å². The number of ether oxygens (including phenoxy) is 1. The molecule has 0 bridgehead atoms. The third-order valence-corrected chi connectivity index (χ3v) is 4.73. The average molecular weight is 503 g/mol. The minimum atomic E-state index is -0.109. The van der Waals surface area contributed by atoms with Crippen molar-refractivity contribution >= 4 is 35.8 Å². The van der Waals surface area contributed by atoms with Gasteiger partial charge < -0.3 is 25.6 Å². The van der Waals surface area contributed by atoms with Crippen molar-refractivity contribution in [2.75, 3.05) is 46.9 Å². The number of carbonyl (C=O) groups is 1. The van der Waals surface area contributed by atoms with E-state index < -0.39 is 0 Å². The summed E-state index contributed by atoms with van der Waals surface area (Å²) in [6.45, 7) is 6.82. The Morgan fingerprint density at radius 2 is 1.96 bits per heavy atom. The lowest BCUT2D eigenvalue weighted by Gasteiger charge is -2.32. The number of hydrogen-bond acceptors (Lipinski definition) is 4. The van der Waals surface area contributed by atoms with Gasteiger partial charge in [0.2, 0.25) is 0 Å². The molecule has 3 N–H and O–H groups in total. The number of guanidine groups is 1. The SMILES string of the molecule is CCCN1CCC(NC(=NC)NCCNC(=O)c2cccc(OC)c2)CC1.I. The fourth-order valence-electron chi connectivity index (χ4n) is 3.23. The highest BCUT2D eigenvalue weighted by atomic mass is 127. The Hall–Kier alpha value is -1.55. The number of piperidine rings is 1. The van der Waals surface area contributed by atoms with Crippen molar-refractivity contribution in [2.24, 2.45) is 4.99 Å². The van der Waals surface area contributed by atoms with Gasteiger partial charge >= 0.3 is 0 Å². The fraction of sp³-hybridized carbons (Fsp3) is 0.600. The topological polar surface area (TPSA) is 78.0 Å². The molecule has 0 aromatic heterocycles. The van der Waals surface area contributed by atoms with E-state index >= 15 is 0 Å². The number of aliphatic imine (C=N–C) groups is 1. The lowest BCUT2D eigenvalue weighted by Crippen LogP contribution is -2.49. The molecule has 1 heterocycles. The summed E-state index contributed by atoms with van der Waals surface area (Å²) in [7, 11) is 3.36. The van der Waals surface area contributed by atoms with E-state index in [0.717, 1.165) is 31.9 Å². The van der Waals surface area contributed by atoms with E-state index in [9.17, 15) is 4.79 Å². The minimum Gasteiger partial charge on any atom is -0.497 e. The highest BCUT2D eigenvalue weighted by Gasteiger charge is 2.19. The van der Waals surface area contributed by atoms with Gasteiger partial charge in [0.05, 0.1) is 7.11 Å². The summed E-state index contributed by atoms with van der Waals surface area (Å²) >= 11 is 0. The second kappa shape index (κ2) is 13.6. The molecule has 0 radical (unpaired) electrons. The largest absolute Gasteiger partial charge is 0.497 e. The van der Waals surface area contributed by atoms with Crippen LogP contribution in [0.5, 0.6) is 5.75 Å². The van der Waals surface area contributed by atoms with E-state index in [0.29, 0.717) is 30.4 Å². The lowest BCUT2D eigenvalue weighted by molar-refractivity contribution is 0.0954. The molecule has 1 aliphatic rings. The summed E-state index contributed by atoms with van der Waals surface area (Å²) in [4.78, 5) is 19.0. The van der Waals surface area contributed by atoms with E-state index in [-0.39, 0.29) is 29.9 Å². The Bertz CT molecular complexity index is 618. The molecule has 28 heavy (non-hydrogen) atoms. The van der Waals surface area contributed by atoms with Crippen molar-refractivity contribution in [3.8, 4) is 5.75 Å². The van der Waals surface area contributed by atoms with Crippen LogP contribution in [0.4, 0.5) is 0 Å². The molecule has 1 aromatic rings. The first-order valence-corrected chi connectivity index (χ1v) is 9.78. The van der Waals surface area contributed by atoms with Crippen LogP contribution >= 0.6 is 24.0 Å². The van der Waals surface area contributed by atoms with Gasteiger partial charge in [-0.3, -0.25) is 9.79 Å². The van der Waals surface area contributed by atoms with Gasteiger partial charge in [-0.1, -0.05) is 13.0 Å².